The van der Waals surface area contributed by atoms with Crippen LogP contribution in [0.3, 0.4) is 0 Å². The van der Waals surface area contributed by atoms with E-state index in [1.54, 1.807) is 11.3 Å². The number of rotatable bonds is 4. The van der Waals surface area contributed by atoms with Crippen LogP contribution in [0.25, 0.3) is 0 Å². The molecule has 1 amide bonds. The van der Waals surface area contributed by atoms with Gasteiger partial charge in [-0.25, -0.2) is 8.78 Å². The van der Waals surface area contributed by atoms with Crippen molar-refractivity contribution in [2.45, 2.75) is 26.3 Å². The number of aryl methyl sites for hydroxylation is 1. The maximum Gasteiger partial charge on any atom is 0.251 e. The minimum absolute atomic E-state index is 0.0755. The van der Waals surface area contributed by atoms with Crippen LogP contribution >= 0.6 is 11.3 Å². The van der Waals surface area contributed by atoms with E-state index < -0.39 is 23.2 Å². The highest BCUT2D eigenvalue weighted by molar-refractivity contribution is 7.11. The number of benzene rings is 1. The molecule has 0 aliphatic carbocycles. The molecule has 0 spiro atoms. The molecule has 3 N–H and O–H groups in total. The average molecular weight is 310 g/mol. The Morgan fingerprint density at radius 1 is 1.33 bits per heavy atom. The summed E-state index contributed by atoms with van der Waals surface area (Å²) >= 11 is 1.66. The van der Waals surface area contributed by atoms with Gasteiger partial charge in [0.25, 0.3) is 5.91 Å². The zero-order chi connectivity index (χ0) is 15.6. The largest absolute Gasteiger partial charge is 0.394 e. The zero-order valence-electron chi connectivity index (χ0n) is 11.7. The Balaban J connectivity index is 2.04. The number of carbonyl (C=O) groups is 1. The Morgan fingerprint density at radius 2 is 1.95 bits per heavy atom. The van der Waals surface area contributed by atoms with Crippen molar-refractivity contribution in [3.63, 3.8) is 0 Å². The average Bonchev–Trinajstić information content (AvgIpc) is 2.80. The second kappa shape index (κ2) is 6.22. The predicted octanol–water partition coefficient (Wildman–Crippen LogP) is 3.28. The number of nitrogens with one attached hydrogen (secondary N) is 1. The highest BCUT2D eigenvalue weighted by Crippen LogP contribution is 2.19. The van der Waals surface area contributed by atoms with Crippen LogP contribution < -0.4 is 11.1 Å². The van der Waals surface area contributed by atoms with Gasteiger partial charge in [0, 0.05) is 27.8 Å². The minimum atomic E-state index is -0.929. The van der Waals surface area contributed by atoms with Gasteiger partial charge in [0.2, 0.25) is 0 Å². The molecule has 1 aromatic carbocycles. The molecule has 3 nitrogen and oxygen atoms in total. The fraction of sp³-hybridized carbons (Fsp3) is 0.267. The molecule has 1 unspecified atom stereocenters. The molecule has 0 saturated carbocycles. The Bertz CT molecular complexity index is 646. The Morgan fingerprint density at radius 3 is 2.48 bits per heavy atom. The molecule has 2 aromatic rings. The lowest BCUT2D eigenvalue weighted by atomic mass is 10.1. The number of hydrogen-bond donors (Lipinski definition) is 2. The van der Waals surface area contributed by atoms with E-state index in [1.165, 1.54) is 4.88 Å². The van der Waals surface area contributed by atoms with Crippen molar-refractivity contribution in [3.05, 3.63) is 51.2 Å². The second-order valence-electron chi connectivity index (χ2n) is 4.94. The first-order valence-corrected chi connectivity index (χ1v) is 7.29. The first-order valence-electron chi connectivity index (χ1n) is 6.47. The lowest BCUT2D eigenvalue weighted by molar-refractivity contribution is 0.0939. The van der Waals surface area contributed by atoms with Crippen LogP contribution in [0.1, 0.15) is 27.0 Å². The van der Waals surface area contributed by atoms with Crippen molar-refractivity contribution in [2.75, 3.05) is 5.73 Å². The molecule has 0 fully saturated rings. The summed E-state index contributed by atoms with van der Waals surface area (Å²) in [4.78, 5) is 14.3. The third-order valence-corrected chi connectivity index (χ3v) is 4.05. The van der Waals surface area contributed by atoms with E-state index in [0.29, 0.717) is 6.42 Å². The quantitative estimate of drug-likeness (QED) is 0.852. The molecule has 112 valence electrons. The highest BCUT2D eigenvalue weighted by Gasteiger charge is 2.15. The molecule has 0 aliphatic heterocycles. The number of anilines is 1. The van der Waals surface area contributed by atoms with Crippen molar-refractivity contribution in [1.29, 1.82) is 0 Å². The molecule has 0 radical (unpaired) electrons. The summed E-state index contributed by atoms with van der Waals surface area (Å²) in [5.74, 6) is -2.38. The van der Waals surface area contributed by atoms with Gasteiger partial charge in [-0.1, -0.05) is 0 Å². The van der Waals surface area contributed by atoms with E-state index in [-0.39, 0.29) is 11.6 Å². The first kappa shape index (κ1) is 15.4. The van der Waals surface area contributed by atoms with Gasteiger partial charge in [0.15, 0.2) is 0 Å². The minimum Gasteiger partial charge on any atom is -0.394 e. The SMILES string of the molecule is Cc1ccc(CC(C)NC(=O)c2cc(F)c(N)c(F)c2)s1. The molecule has 6 heteroatoms. The van der Waals surface area contributed by atoms with E-state index in [4.69, 9.17) is 5.73 Å². The summed E-state index contributed by atoms with van der Waals surface area (Å²) in [6, 6.07) is 5.76. The molecule has 0 saturated heterocycles. The molecule has 2 rings (SSSR count). The number of amides is 1. The molecule has 1 heterocycles. The fourth-order valence-electron chi connectivity index (χ4n) is 1.97. The van der Waals surface area contributed by atoms with E-state index >= 15 is 0 Å². The van der Waals surface area contributed by atoms with Crippen LogP contribution in [0, 0.1) is 18.6 Å². The molecule has 0 aliphatic rings. The van der Waals surface area contributed by atoms with Crippen LogP contribution in [0.4, 0.5) is 14.5 Å². The van der Waals surface area contributed by atoms with Crippen molar-refractivity contribution in [1.82, 2.24) is 5.32 Å². The number of hydrogen-bond acceptors (Lipinski definition) is 3. The van der Waals surface area contributed by atoms with Gasteiger partial charge in [-0.15, -0.1) is 11.3 Å². The smallest absolute Gasteiger partial charge is 0.251 e. The Labute approximate surface area is 125 Å². The van der Waals surface area contributed by atoms with Crippen molar-refractivity contribution < 1.29 is 13.6 Å². The van der Waals surface area contributed by atoms with Gasteiger partial charge >= 0.3 is 0 Å². The lowest BCUT2D eigenvalue weighted by Crippen LogP contribution is -2.34. The summed E-state index contributed by atoms with van der Waals surface area (Å²) in [6.07, 6.45) is 0.671. The zero-order valence-corrected chi connectivity index (χ0v) is 12.6. The molecule has 0 bridgehead atoms. The standard InChI is InChI=1S/C15H16F2N2OS/c1-8(5-11-4-3-9(2)21-11)19-15(20)10-6-12(16)14(18)13(17)7-10/h3-4,6-8H,5,18H2,1-2H3,(H,19,20). The number of nitrogen functional groups attached to an aromatic ring is 1. The lowest BCUT2D eigenvalue weighted by Gasteiger charge is -2.13. The summed E-state index contributed by atoms with van der Waals surface area (Å²) in [5, 5.41) is 2.72. The summed E-state index contributed by atoms with van der Waals surface area (Å²) < 4.78 is 26.7. The normalized spacial score (nSPS) is 12.2. The predicted molar refractivity (Wildman–Crippen MR) is 80.5 cm³/mol. The van der Waals surface area contributed by atoms with Crippen LogP contribution in [0.2, 0.25) is 0 Å². The second-order valence-corrected chi connectivity index (χ2v) is 6.32. The van der Waals surface area contributed by atoms with Crippen molar-refractivity contribution >= 4 is 22.9 Å². The van der Waals surface area contributed by atoms with Gasteiger partial charge in [-0.3, -0.25) is 4.79 Å². The topological polar surface area (TPSA) is 55.1 Å². The van der Waals surface area contributed by atoms with Gasteiger partial charge in [0.1, 0.15) is 17.3 Å². The maximum atomic E-state index is 13.3. The molecular formula is C15H16F2N2OS. The molecular weight excluding hydrogens is 294 g/mol. The number of thiophene rings is 1. The highest BCUT2D eigenvalue weighted by atomic mass is 32.1. The summed E-state index contributed by atoms with van der Waals surface area (Å²) in [7, 11) is 0. The third-order valence-electron chi connectivity index (χ3n) is 3.02. The molecule has 1 aromatic heterocycles. The van der Waals surface area contributed by atoms with E-state index in [9.17, 15) is 13.6 Å². The molecule has 21 heavy (non-hydrogen) atoms. The summed E-state index contributed by atoms with van der Waals surface area (Å²) in [6.45, 7) is 3.86. The van der Waals surface area contributed by atoms with Crippen LogP contribution in [0.5, 0.6) is 0 Å². The monoisotopic (exact) mass is 310 g/mol. The number of nitrogens with two attached hydrogens (primary N) is 1. The first-order chi connectivity index (χ1) is 9.86. The van der Waals surface area contributed by atoms with Gasteiger partial charge < -0.3 is 11.1 Å². The Hall–Kier alpha value is -1.95. The number of halogens is 2. The van der Waals surface area contributed by atoms with Gasteiger partial charge in [0.05, 0.1) is 0 Å². The van der Waals surface area contributed by atoms with Crippen molar-refractivity contribution in [3.8, 4) is 0 Å². The number of carbonyl (C=O) groups excluding carboxylic acids is 1. The maximum absolute atomic E-state index is 13.3. The van der Waals surface area contributed by atoms with Crippen LogP contribution in [-0.4, -0.2) is 11.9 Å². The van der Waals surface area contributed by atoms with Gasteiger partial charge in [-0.2, -0.15) is 0 Å². The van der Waals surface area contributed by atoms with Crippen LogP contribution in [-0.2, 0) is 6.42 Å². The summed E-state index contributed by atoms with van der Waals surface area (Å²) in [5.41, 5.74) is 4.53. The van der Waals surface area contributed by atoms with Crippen molar-refractivity contribution in [2.24, 2.45) is 0 Å². The van der Waals surface area contributed by atoms with Gasteiger partial charge in [-0.05, 0) is 38.1 Å². The van der Waals surface area contributed by atoms with E-state index in [2.05, 4.69) is 5.32 Å². The van der Waals surface area contributed by atoms with E-state index in [1.807, 2.05) is 26.0 Å². The van der Waals surface area contributed by atoms with Crippen LogP contribution in [0.15, 0.2) is 24.3 Å². The van der Waals surface area contributed by atoms with E-state index in [0.717, 1.165) is 17.0 Å². The third kappa shape index (κ3) is 3.78. The molecule has 1 atom stereocenters. The fourth-order valence-corrected chi connectivity index (χ4v) is 2.99. The Kier molecular flexibility index (Phi) is 4.57.